The highest BCUT2D eigenvalue weighted by molar-refractivity contribution is 6.25. The average Bonchev–Trinajstić information content (AvgIpc) is 3.49. The highest BCUT2D eigenvalue weighted by Crippen LogP contribution is 2.39. The lowest BCUT2D eigenvalue weighted by molar-refractivity contribution is 0.638. The molecule has 0 saturated carbocycles. The van der Waals surface area contributed by atoms with E-state index in [4.69, 9.17) is 15.1 Å². The van der Waals surface area contributed by atoms with Crippen molar-refractivity contribution >= 4 is 71.7 Å². The molecule has 2 aromatic heterocycles. The number of benzene rings is 6. The Hall–Kier alpha value is -5.35. The third kappa shape index (κ3) is 3.50. The number of furan rings is 1. The molecule has 0 fully saturated rings. The predicted octanol–water partition coefficient (Wildman–Crippen LogP) is 9.25. The number of hydrogen-bond acceptors (Lipinski definition) is 3. The van der Waals surface area contributed by atoms with Crippen LogP contribution in [0.1, 0.15) is 5.56 Å². The number of rotatable bonds is 3. The summed E-state index contributed by atoms with van der Waals surface area (Å²) in [6, 6.07) is 44.5. The molecule has 8 aromatic rings. The van der Waals surface area contributed by atoms with Crippen molar-refractivity contribution in [2.75, 3.05) is 5.73 Å². The van der Waals surface area contributed by atoms with Gasteiger partial charge in [0.25, 0.3) is 0 Å². The van der Waals surface area contributed by atoms with Gasteiger partial charge in [0, 0.05) is 22.6 Å². The van der Waals surface area contributed by atoms with Crippen molar-refractivity contribution in [2.45, 2.75) is 6.42 Å². The zero-order valence-corrected chi connectivity index (χ0v) is 21.7. The molecule has 0 radical (unpaired) electrons. The fourth-order valence-corrected chi connectivity index (χ4v) is 5.99. The first kappa shape index (κ1) is 22.6. The van der Waals surface area contributed by atoms with Crippen molar-refractivity contribution in [3.05, 3.63) is 133 Å². The molecule has 190 valence electrons. The van der Waals surface area contributed by atoms with E-state index >= 15 is 0 Å². The summed E-state index contributed by atoms with van der Waals surface area (Å²) in [5.41, 5.74) is 11.2. The predicted molar refractivity (Wildman–Crippen MR) is 168 cm³/mol. The van der Waals surface area contributed by atoms with Crippen LogP contribution in [0.25, 0.3) is 54.3 Å². The highest BCUT2D eigenvalue weighted by Gasteiger charge is 2.20. The second-order valence-corrected chi connectivity index (χ2v) is 10.2. The molecule has 40 heavy (non-hydrogen) atoms. The van der Waals surface area contributed by atoms with Crippen LogP contribution in [0, 0.1) is 0 Å². The van der Waals surface area contributed by atoms with Crippen molar-refractivity contribution in [3.63, 3.8) is 0 Å². The van der Waals surface area contributed by atoms with E-state index in [1.54, 1.807) is 0 Å². The Morgan fingerprint density at radius 2 is 1.30 bits per heavy atom. The molecular formula is C36H25N3O. The molecule has 0 bridgehead atoms. The molecule has 0 aliphatic rings. The second kappa shape index (κ2) is 8.85. The van der Waals surface area contributed by atoms with Gasteiger partial charge in [-0.2, -0.15) is 0 Å². The monoisotopic (exact) mass is 515 g/mol. The van der Waals surface area contributed by atoms with Crippen molar-refractivity contribution in [3.8, 4) is 0 Å². The van der Waals surface area contributed by atoms with Gasteiger partial charge in [-0.3, -0.25) is 4.57 Å². The SMILES string of the molecule is Nc1oc2ccccc2c1N=C(Cc1ccccc1)n1c2cc3ccccc3cc2c2c3ccccc3ccc21. The van der Waals surface area contributed by atoms with Gasteiger partial charge in [-0.15, -0.1) is 0 Å². The minimum Gasteiger partial charge on any atom is -0.439 e. The number of hydrogen-bond donors (Lipinski definition) is 1. The number of anilines is 1. The lowest BCUT2D eigenvalue weighted by Gasteiger charge is -2.13. The van der Waals surface area contributed by atoms with Gasteiger partial charge in [-0.05, 0) is 57.4 Å². The summed E-state index contributed by atoms with van der Waals surface area (Å²) < 4.78 is 8.24. The van der Waals surface area contributed by atoms with E-state index in [-0.39, 0.29) is 0 Å². The van der Waals surface area contributed by atoms with E-state index in [2.05, 4.69) is 102 Å². The highest BCUT2D eigenvalue weighted by atomic mass is 16.3. The van der Waals surface area contributed by atoms with Crippen LogP contribution >= 0.6 is 0 Å². The van der Waals surface area contributed by atoms with Gasteiger partial charge in [0.15, 0.2) is 0 Å². The number of nitrogen functional groups attached to an aromatic ring is 1. The van der Waals surface area contributed by atoms with Crippen molar-refractivity contribution in [2.24, 2.45) is 4.99 Å². The summed E-state index contributed by atoms with van der Waals surface area (Å²) >= 11 is 0. The molecule has 2 N–H and O–H groups in total. The largest absolute Gasteiger partial charge is 0.439 e. The first-order valence-corrected chi connectivity index (χ1v) is 13.5. The third-order valence-corrected chi connectivity index (χ3v) is 7.82. The van der Waals surface area contributed by atoms with Crippen LogP contribution in [0.15, 0.2) is 137 Å². The molecule has 0 saturated heterocycles. The fourth-order valence-electron chi connectivity index (χ4n) is 5.99. The van der Waals surface area contributed by atoms with Crippen molar-refractivity contribution in [1.82, 2.24) is 4.57 Å². The van der Waals surface area contributed by atoms with Crippen LogP contribution in [-0.2, 0) is 6.42 Å². The molecule has 0 amide bonds. The molecule has 6 aromatic carbocycles. The summed E-state index contributed by atoms with van der Waals surface area (Å²) in [6.07, 6.45) is 0.623. The average molecular weight is 516 g/mol. The molecule has 0 atom stereocenters. The molecule has 0 spiro atoms. The number of fused-ring (bicyclic) bond motifs is 7. The van der Waals surface area contributed by atoms with E-state index in [9.17, 15) is 0 Å². The summed E-state index contributed by atoms with van der Waals surface area (Å²) in [5, 5.41) is 8.19. The number of aromatic nitrogens is 1. The zero-order valence-electron chi connectivity index (χ0n) is 21.7. The summed E-state index contributed by atoms with van der Waals surface area (Å²) in [6.45, 7) is 0. The molecule has 0 aliphatic carbocycles. The molecule has 0 aliphatic heterocycles. The Labute approximate surface area is 230 Å². The Kier molecular flexibility index (Phi) is 5.01. The fraction of sp³-hybridized carbons (Fsp3) is 0.0278. The third-order valence-electron chi connectivity index (χ3n) is 7.82. The van der Waals surface area contributed by atoms with Gasteiger partial charge in [-0.25, -0.2) is 4.99 Å². The van der Waals surface area contributed by atoms with E-state index in [0.717, 1.165) is 27.8 Å². The molecule has 4 nitrogen and oxygen atoms in total. The van der Waals surface area contributed by atoms with Gasteiger partial charge in [0.2, 0.25) is 5.88 Å². The Morgan fingerprint density at radius 3 is 2.12 bits per heavy atom. The zero-order chi connectivity index (χ0) is 26.6. The normalized spacial score (nSPS) is 12.3. The Bertz CT molecular complexity index is 2250. The molecule has 4 heteroatoms. The number of nitrogens with two attached hydrogens (primary N) is 1. The number of para-hydroxylation sites is 1. The van der Waals surface area contributed by atoms with Crippen molar-refractivity contribution in [1.29, 1.82) is 0 Å². The summed E-state index contributed by atoms with van der Waals surface area (Å²) in [5.74, 6) is 1.21. The van der Waals surface area contributed by atoms with Crippen LogP contribution in [0.5, 0.6) is 0 Å². The molecule has 8 rings (SSSR count). The lowest BCUT2D eigenvalue weighted by atomic mass is 10.0. The van der Waals surface area contributed by atoms with Crippen LogP contribution in [0.3, 0.4) is 0 Å². The molecule has 2 heterocycles. The summed E-state index contributed by atoms with van der Waals surface area (Å²) in [4.78, 5) is 5.31. The Morgan fingerprint density at radius 1 is 0.625 bits per heavy atom. The van der Waals surface area contributed by atoms with E-state index in [0.29, 0.717) is 18.0 Å². The first-order chi connectivity index (χ1) is 19.7. The topological polar surface area (TPSA) is 56.4 Å². The Balaban J connectivity index is 1.52. The summed E-state index contributed by atoms with van der Waals surface area (Å²) in [7, 11) is 0. The van der Waals surface area contributed by atoms with Gasteiger partial charge < -0.3 is 10.2 Å². The lowest BCUT2D eigenvalue weighted by Crippen LogP contribution is -2.15. The standard InChI is InChI=1S/C36H25N3O/c37-36-35(28-16-8-9-17-32(28)40-36)38-33(20-23-10-2-1-3-11-23)39-30-19-18-24-12-6-7-15-27(24)34(30)29-21-25-13-4-5-14-26(25)22-31(29)39/h1-19,21-22H,20,37H2. The smallest absolute Gasteiger partial charge is 0.217 e. The molecular weight excluding hydrogens is 490 g/mol. The van der Waals surface area contributed by atoms with Crippen LogP contribution in [0.4, 0.5) is 11.6 Å². The quantitative estimate of drug-likeness (QED) is 0.188. The minimum atomic E-state index is 0.323. The number of aliphatic imine (C=N–C) groups is 1. The maximum atomic E-state index is 6.44. The van der Waals surface area contributed by atoms with Crippen LogP contribution < -0.4 is 5.73 Å². The van der Waals surface area contributed by atoms with Crippen LogP contribution in [0.2, 0.25) is 0 Å². The van der Waals surface area contributed by atoms with E-state index in [1.165, 1.54) is 37.9 Å². The number of nitrogens with zero attached hydrogens (tertiary/aromatic N) is 2. The van der Waals surface area contributed by atoms with Gasteiger partial charge >= 0.3 is 0 Å². The maximum absolute atomic E-state index is 6.44. The van der Waals surface area contributed by atoms with Gasteiger partial charge in [0.05, 0.1) is 11.0 Å². The molecule has 0 unspecified atom stereocenters. The van der Waals surface area contributed by atoms with Crippen molar-refractivity contribution < 1.29 is 4.42 Å². The van der Waals surface area contributed by atoms with E-state index in [1.807, 2.05) is 30.3 Å². The van der Waals surface area contributed by atoms with E-state index < -0.39 is 0 Å². The van der Waals surface area contributed by atoms with Crippen LogP contribution in [-0.4, -0.2) is 10.4 Å². The maximum Gasteiger partial charge on any atom is 0.217 e. The van der Waals surface area contributed by atoms with Gasteiger partial charge in [0.1, 0.15) is 17.1 Å². The second-order valence-electron chi connectivity index (χ2n) is 10.2. The minimum absolute atomic E-state index is 0.323. The van der Waals surface area contributed by atoms with Gasteiger partial charge in [-0.1, -0.05) is 97.1 Å². The first-order valence-electron chi connectivity index (χ1n) is 13.5.